The summed E-state index contributed by atoms with van der Waals surface area (Å²) < 4.78 is 9.32. The van der Waals surface area contributed by atoms with E-state index < -0.39 is 11.9 Å². The zero-order chi connectivity index (χ0) is 11.4. The van der Waals surface area contributed by atoms with Gasteiger partial charge in [-0.1, -0.05) is 6.07 Å². The standard InChI is InChI=1S/C10H10O5.ClH/c1-14-7-5-3-4-6(10(13)15-2)8(7)9(11)12;/h3-5H,1-2H3,(H,11,12);1H. The SMILES string of the molecule is COC(=O)c1cccc(OC)c1C(=O)O.Cl. The lowest BCUT2D eigenvalue weighted by Gasteiger charge is -2.08. The molecule has 1 aromatic carbocycles. The van der Waals surface area contributed by atoms with Crippen LogP contribution in [0.25, 0.3) is 0 Å². The number of aromatic carboxylic acids is 1. The number of hydrogen-bond donors (Lipinski definition) is 1. The van der Waals surface area contributed by atoms with Crippen molar-refractivity contribution >= 4 is 24.3 Å². The summed E-state index contributed by atoms with van der Waals surface area (Å²) >= 11 is 0. The van der Waals surface area contributed by atoms with Crippen LogP contribution in [0, 0.1) is 0 Å². The van der Waals surface area contributed by atoms with Gasteiger partial charge in [-0.25, -0.2) is 9.59 Å². The molecule has 88 valence electrons. The fraction of sp³-hybridized carbons (Fsp3) is 0.200. The number of carbonyl (C=O) groups excluding carboxylic acids is 1. The molecular weight excluding hydrogens is 236 g/mol. The fourth-order valence-electron chi connectivity index (χ4n) is 1.20. The number of halogens is 1. The average molecular weight is 247 g/mol. The van der Waals surface area contributed by atoms with Crippen LogP contribution in [-0.4, -0.2) is 31.3 Å². The van der Waals surface area contributed by atoms with Crippen molar-refractivity contribution in [3.8, 4) is 5.75 Å². The van der Waals surface area contributed by atoms with E-state index >= 15 is 0 Å². The summed E-state index contributed by atoms with van der Waals surface area (Å²) in [7, 11) is 2.52. The van der Waals surface area contributed by atoms with Crippen LogP contribution in [0.15, 0.2) is 18.2 Å². The predicted molar refractivity (Wildman–Crippen MR) is 58.5 cm³/mol. The third kappa shape index (κ3) is 2.64. The number of carboxylic acid groups (broad SMARTS) is 1. The van der Waals surface area contributed by atoms with Gasteiger partial charge in [0.1, 0.15) is 11.3 Å². The van der Waals surface area contributed by atoms with Crippen molar-refractivity contribution in [3.63, 3.8) is 0 Å². The molecule has 0 saturated heterocycles. The summed E-state index contributed by atoms with van der Waals surface area (Å²) in [6, 6.07) is 4.37. The molecule has 5 nitrogen and oxygen atoms in total. The number of methoxy groups -OCH3 is 2. The van der Waals surface area contributed by atoms with Crippen LogP contribution in [-0.2, 0) is 4.74 Å². The minimum absolute atomic E-state index is 0. The Morgan fingerprint density at radius 3 is 2.31 bits per heavy atom. The Balaban J connectivity index is 0.00000225. The van der Waals surface area contributed by atoms with Gasteiger partial charge in [-0.05, 0) is 12.1 Å². The summed E-state index contributed by atoms with van der Waals surface area (Å²) in [5.41, 5.74) is -0.212. The second-order valence-corrected chi connectivity index (χ2v) is 2.68. The van der Waals surface area contributed by atoms with E-state index in [2.05, 4.69) is 4.74 Å². The first kappa shape index (κ1) is 14.2. The highest BCUT2D eigenvalue weighted by Crippen LogP contribution is 2.22. The summed E-state index contributed by atoms with van der Waals surface area (Å²) in [6.07, 6.45) is 0. The molecular formula is C10H11ClO5. The third-order valence-corrected chi connectivity index (χ3v) is 1.87. The normalized spacial score (nSPS) is 8.88. The zero-order valence-electron chi connectivity index (χ0n) is 8.72. The van der Waals surface area contributed by atoms with Gasteiger partial charge < -0.3 is 14.6 Å². The van der Waals surface area contributed by atoms with E-state index in [9.17, 15) is 9.59 Å². The summed E-state index contributed by atoms with van der Waals surface area (Å²) in [5, 5.41) is 8.93. The molecule has 0 spiro atoms. The van der Waals surface area contributed by atoms with Gasteiger partial charge in [-0.2, -0.15) is 0 Å². The molecule has 0 radical (unpaired) electrons. The second-order valence-electron chi connectivity index (χ2n) is 2.68. The Morgan fingerprint density at radius 2 is 1.88 bits per heavy atom. The molecule has 1 N–H and O–H groups in total. The van der Waals surface area contributed by atoms with E-state index in [4.69, 9.17) is 9.84 Å². The Labute approximate surface area is 98.4 Å². The van der Waals surface area contributed by atoms with Crippen molar-refractivity contribution in [1.82, 2.24) is 0 Å². The van der Waals surface area contributed by atoms with Crippen LogP contribution in [0.5, 0.6) is 5.75 Å². The van der Waals surface area contributed by atoms with Gasteiger partial charge in [0, 0.05) is 0 Å². The van der Waals surface area contributed by atoms with Crippen molar-refractivity contribution in [1.29, 1.82) is 0 Å². The smallest absolute Gasteiger partial charge is 0.340 e. The van der Waals surface area contributed by atoms with E-state index in [1.54, 1.807) is 0 Å². The first-order chi connectivity index (χ1) is 7.11. The van der Waals surface area contributed by atoms with Crippen molar-refractivity contribution in [2.45, 2.75) is 0 Å². The monoisotopic (exact) mass is 246 g/mol. The van der Waals surface area contributed by atoms with Crippen molar-refractivity contribution in [3.05, 3.63) is 29.3 Å². The maximum atomic E-state index is 11.3. The number of benzene rings is 1. The van der Waals surface area contributed by atoms with E-state index in [1.807, 2.05) is 0 Å². The fourth-order valence-corrected chi connectivity index (χ4v) is 1.20. The number of hydrogen-bond acceptors (Lipinski definition) is 4. The summed E-state index contributed by atoms with van der Waals surface area (Å²) in [5.74, 6) is -1.80. The summed E-state index contributed by atoms with van der Waals surface area (Å²) in [6.45, 7) is 0. The van der Waals surface area contributed by atoms with Gasteiger partial charge in [-0.3, -0.25) is 0 Å². The quantitative estimate of drug-likeness (QED) is 0.820. The lowest BCUT2D eigenvalue weighted by molar-refractivity contribution is 0.0581. The molecule has 0 unspecified atom stereocenters. The summed E-state index contributed by atoms with van der Waals surface area (Å²) in [4.78, 5) is 22.2. The average Bonchev–Trinajstić information content (AvgIpc) is 2.26. The lowest BCUT2D eigenvalue weighted by atomic mass is 10.1. The van der Waals surface area contributed by atoms with Crippen molar-refractivity contribution < 1.29 is 24.2 Å². The largest absolute Gasteiger partial charge is 0.496 e. The first-order valence-corrected chi connectivity index (χ1v) is 4.10. The number of carbonyl (C=O) groups is 2. The molecule has 0 aliphatic carbocycles. The molecule has 0 aliphatic heterocycles. The first-order valence-electron chi connectivity index (χ1n) is 4.10. The zero-order valence-corrected chi connectivity index (χ0v) is 9.54. The Bertz CT molecular complexity index is 402. The number of carboxylic acids is 1. The van der Waals surface area contributed by atoms with Gasteiger partial charge >= 0.3 is 11.9 Å². The van der Waals surface area contributed by atoms with E-state index in [0.717, 1.165) is 0 Å². The molecule has 16 heavy (non-hydrogen) atoms. The van der Waals surface area contributed by atoms with E-state index in [1.165, 1.54) is 32.4 Å². The van der Waals surface area contributed by atoms with Crippen LogP contribution in [0.3, 0.4) is 0 Å². The van der Waals surface area contributed by atoms with Crippen LogP contribution in [0.4, 0.5) is 0 Å². The molecule has 0 saturated carbocycles. The topological polar surface area (TPSA) is 72.8 Å². The number of rotatable bonds is 3. The van der Waals surface area contributed by atoms with Gasteiger partial charge in [0.2, 0.25) is 0 Å². The van der Waals surface area contributed by atoms with Crippen LogP contribution in [0.2, 0.25) is 0 Å². The van der Waals surface area contributed by atoms with Gasteiger partial charge in [0.15, 0.2) is 0 Å². The van der Waals surface area contributed by atoms with Crippen LogP contribution >= 0.6 is 12.4 Å². The van der Waals surface area contributed by atoms with Crippen LogP contribution in [0.1, 0.15) is 20.7 Å². The highest BCUT2D eigenvalue weighted by Gasteiger charge is 2.21. The maximum absolute atomic E-state index is 11.3. The lowest BCUT2D eigenvalue weighted by Crippen LogP contribution is -2.11. The van der Waals surface area contributed by atoms with Gasteiger partial charge in [0.05, 0.1) is 19.8 Å². The van der Waals surface area contributed by atoms with Gasteiger partial charge in [-0.15, -0.1) is 12.4 Å². The second kappa shape index (κ2) is 5.97. The van der Waals surface area contributed by atoms with Crippen molar-refractivity contribution in [2.24, 2.45) is 0 Å². The highest BCUT2D eigenvalue weighted by molar-refractivity contribution is 6.04. The Morgan fingerprint density at radius 1 is 1.25 bits per heavy atom. The molecule has 0 fully saturated rings. The van der Waals surface area contributed by atoms with Crippen LogP contribution < -0.4 is 4.74 Å². The maximum Gasteiger partial charge on any atom is 0.340 e. The molecule has 0 heterocycles. The molecule has 0 aliphatic rings. The highest BCUT2D eigenvalue weighted by atomic mass is 35.5. The molecule has 1 rings (SSSR count). The molecule has 0 bridgehead atoms. The molecule has 0 atom stereocenters. The van der Waals surface area contributed by atoms with E-state index in [-0.39, 0.29) is 29.3 Å². The van der Waals surface area contributed by atoms with E-state index in [0.29, 0.717) is 0 Å². The number of esters is 1. The third-order valence-electron chi connectivity index (χ3n) is 1.87. The molecule has 6 heteroatoms. The minimum atomic E-state index is -1.23. The minimum Gasteiger partial charge on any atom is -0.496 e. The molecule has 0 amide bonds. The predicted octanol–water partition coefficient (Wildman–Crippen LogP) is 1.60. The van der Waals surface area contributed by atoms with Crippen molar-refractivity contribution in [2.75, 3.05) is 14.2 Å². The van der Waals surface area contributed by atoms with Gasteiger partial charge in [0.25, 0.3) is 0 Å². The molecule has 0 aromatic heterocycles. The Kier molecular flexibility index (Phi) is 5.32. The molecule has 1 aromatic rings. The Hall–Kier alpha value is -1.75. The number of ether oxygens (including phenoxy) is 2.